The van der Waals surface area contributed by atoms with E-state index in [-0.39, 0.29) is 48.3 Å². The van der Waals surface area contributed by atoms with Crippen LogP contribution in [-0.4, -0.2) is 54.7 Å². The molecule has 1 heterocycles. The van der Waals surface area contributed by atoms with Gasteiger partial charge in [-0.25, -0.2) is 0 Å². The number of morpholine rings is 1. The molecule has 0 aromatic carbocycles. The van der Waals surface area contributed by atoms with Crippen molar-refractivity contribution in [3.05, 3.63) is 0 Å². The first-order chi connectivity index (χ1) is 10.1. The molecule has 7 heteroatoms. The summed E-state index contributed by atoms with van der Waals surface area (Å²) in [5.74, 6) is 0.00360. The topological polar surface area (TPSA) is 67.6 Å². The monoisotopic (exact) mass is 369 g/mol. The van der Waals surface area contributed by atoms with Gasteiger partial charge < -0.3 is 15.8 Å². The fourth-order valence-corrected chi connectivity index (χ4v) is 3.92. The van der Waals surface area contributed by atoms with Crippen LogP contribution in [0.4, 0.5) is 0 Å². The second-order valence-electron chi connectivity index (χ2n) is 6.54. The van der Waals surface area contributed by atoms with E-state index in [4.69, 9.17) is 10.5 Å². The van der Waals surface area contributed by atoms with E-state index in [2.05, 4.69) is 24.1 Å². The standard InChI is InChI=1S/C16H31N3O2.2ClH/c1-3-6-14(17)15(20)18-13(2)16(7-4-5-8-16)19-9-11-21-12-10-19;;/h13-14H,3-12,17H2,1-2H3,(H,18,20);2*1H. The molecule has 3 N–H and O–H groups in total. The predicted octanol–water partition coefficient (Wildman–Crippen LogP) is 2.11. The molecule has 0 radical (unpaired) electrons. The van der Waals surface area contributed by atoms with Crippen LogP contribution in [0.15, 0.2) is 0 Å². The lowest BCUT2D eigenvalue weighted by Crippen LogP contribution is -2.63. The fourth-order valence-electron chi connectivity index (χ4n) is 3.92. The van der Waals surface area contributed by atoms with E-state index in [0.29, 0.717) is 0 Å². The summed E-state index contributed by atoms with van der Waals surface area (Å²) in [5, 5.41) is 3.20. The van der Waals surface area contributed by atoms with E-state index in [9.17, 15) is 4.79 Å². The first-order valence-corrected chi connectivity index (χ1v) is 8.49. The maximum absolute atomic E-state index is 12.2. The number of ether oxygens (including phenoxy) is 1. The van der Waals surface area contributed by atoms with E-state index in [0.717, 1.165) is 52.0 Å². The van der Waals surface area contributed by atoms with Crippen LogP contribution in [0, 0.1) is 0 Å². The number of carbonyl (C=O) groups is 1. The lowest BCUT2D eigenvalue weighted by molar-refractivity contribution is -0.124. The number of halogens is 2. The zero-order valence-corrected chi connectivity index (χ0v) is 16.0. The number of hydrogen-bond donors (Lipinski definition) is 2. The highest BCUT2D eigenvalue weighted by Gasteiger charge is 2.45. The second-order valence-corrected chi connectivity index (χ2v) is 6.54. The molecule has 2 atom stereocenters. The van der Waals surface area contributed by atoms with Gasteiger partial charge in [0.25, 0.3) is 0 Å². The molecule has 138 valence electrons. The van der Waals surface area contributed by atoms with Crippen molar-refractivity contribution in [2.75, 3.05) is 26.3 Å². The molecule has 2 rings (SSSR count). The molecule has 1 aliphatic carbocycles. The minimum atomic E-state index is -0.374. The van der Waals surface area contributed by atoms with Crippen LogP contribution in [0.1, 0.15) is 52.4 Å². The zero-order valence-electron chi connectivity index (χ0n) is 14.4. The highest BCUT2D eigenvalue weighted by Crippen LogP contribution is 2.38. The summed E-state index contributed by atoms with van der Waals surface area (Å²) in [6, 6.07) is -0.228. The molecule has 5 nitrogen and oxygen atoms in total. The van der Waals surface area contributed by atoms with Gasteiger partial charge in [-0.1, -0.05) is 26.2 Å². The highest BCUT2D eigenvalue weighted by molar-refractivity contribution is 5.85. The molecule has 2 fully saturated rings. The Kier molecular flexibility index (Phi) is 10.7. The number of carbonyl (C=O) groups excluding carboxylic acids is 1. The van der Waals surface area contributed by atoms with Gasteiger partial charge in [-0.15, -0.1) is 24.8 Å². The Bertz CT molecular complexity index is 346. The minimum Gasteiger partial charge on any atom is -0.379 e. The van der Waals surface area contributed by atoms with E-state index >= 15 is 0 Å². The van der Waals surface area contributed by atoms with Crippen LogP contribution in [-0.2, 0) is 9.53 Å². The molecule has 1 saturated carbocycles. The van der Waals surface area contributed by atoms with Gasteiger partial charge in [0.2, 0.25) is 5.91 Å². The SMILES string of the molecule is CCCC(N)C(=O)NC(C)C1(N2CCOCC2)CCCC1.Cl.Cl. The van der Waals surface area contributed by atoms with Gasteiger partial charge in [-0.2, -0.15) is 0 Å². The summed E-state index contributed by atoms with van der Waals surface area (Å²) in [4.78, 5) is 14.8. The van der Waals surface area contributed by atoms with Crippen LogP contribution >= 0.6 is 24.8 Å². The number of nitrogens with two attached hydrogens (primary N) is 1. The molecule has 0 aromatic heterocycles. The molecule has 2 unspecified atom stereocenters. The van der Waals surface area contributed by atoms with Crippen LogP contribution in [0.25, 0.3) is 0 Å². The van der Waals surface area contributed by atoms with Crippen LogP contribution < -0.4 is 11.1 Å². The van der Waals surface area contributed by atoms with E-state index < -0.39 is 0 Å². The zero-order chi connectivity index (χ0) is 15.3. The summed E-state index contributed by atoms with van der Waals surface area (Å²) in [6.07, 6.45) is 6.52. The summed E-state index contributed by atoms with van der Waals surface area (Å²) < 4.78 is 5.49. The van der Waals surface area contributed by atoms with Gasteiger partial charge >= 0.3 is 0 Å². The predicted molar refractivity (Wildman–Crippen MR) is 98.6 cm³/mol. The second kappa shape index (κ2) is 10.7. The molecule has 2 aliphatic rings. The molecular formula is C16H33Cl2N3O2. The number of hydrogen-bond acceptors (Lipinski definition) is 4. The largest absolute Gasteiger partial charge is 0.379 e. The normalized spacial score (nSPS) is 23.3. The molecule has 1 saturated heterocycles. The first-order valence-electron chi connectivity index (χ1n) is 8.49. The summed E-state index contributed by atoms with van der Waals surface area (Å²) >= 11 is 0. The van der Waals surface area contributed by atoms with Crippen molar-refractivity contribution in [2.45, 2.75) is 70.0 Å². The lowest BCUT2D eigenvalue weighted by atomic mass is 9.86. The third-order valence-corrected chi connectivity index (χ3v) is 5.21. The van der Waals surface area contributed by atoms with Crippen LogP contribution in [0.2, 0.25) is 0 Å². The van der Waals surface area contributed by atoms with E-state index in [1.807, 2.05) is 0 Å². The van der Waals surface area contributed by atoms with E-state index in [1.54, 1.807) is 0 Å². The lowest BCUT2D eigenvalue weighted by Gasteiger charge is -2.47. The summed E-state index contributed by atoms with van der Waals surface area (Å²) in [7, 11) is 0. The van der Waals surface area contributed by atoms with Crippen LogP contribution in [0.5, 0.6) is 0 Å². The highest BCUT2D eigenvalue weighted by atomic mass is 35.5. The van der Waals surface area contributed by atoms with Crippen molar-refractivity contribution in [3.63, 3.8) is 0 Å². The van der Waals surface area contributed by atoms with Gasteiger partial charge in [-0.3, -0.25) is 9.69 Å². The molecule has 1 aliphatic heterocycles. The molecule has 0 spiro atoms. The van der Waals surface area contributed by atoms with Crippen molar-refractivity contribution in [1.82, 2.24) is 10.2 Å². The average molecular weight is 370 g/mol. The Balaban J connectivity index is 0.00000242. The van der Waals surface area contributed by atoms with Crippen molar-refractivity contribution in [1.29, 1.82) is 0 Å². The Hall–Kier alpha value is -0.0700. The molecular weight excluding hydrogens is 337 g/mol. The summed E-state index contributed by atoms with van der Waals surface area (Å²) in [5.41, 5.74) is 6.05. The summed E-state index contributed by atoms with van der Waals surface area (Å²) in [6.45, 7) is 7.76. The Morgan fingerprint density at radius 2 is 1.83 bits per heavy atom. The number of nitrogens with one attached hydrogen (secondary N) is 1. The number of amides is 1. The maximum atomic E-state index is 12.2. The van der Waals surface area contributed by atoms with Gasteiger partial charge in [0.15, 0.2) is 0 Å². The van der Waals surface area contributed by atoms with Crippen molar-refractivity contribution in [3.8, 4) is 0 Å². The maximum Gasteiger partial charge on any atom is 0.237 e. The van der Waals surface area contributed by atoms with Crippen molar-refractivity contribution < 1.29 is 9.53 Å². The van der Waals surface area contributed by atoms with Gasteiger partial charge in [-0.05, 0) is 26.2 Å². The number of rotatable bonds is 6. The van der Waals surface area contributed by atoms with Gasteiger partial charge in [0, 0.05) is 24.7 Å². The first kappa shape index (κ1) is 22.9. The van der Waals surface area contributed by atoms with Crippen molar-refractivity contribution in [2.24, 2.45) is 5.73 Å². The van der Waals surface area contributed by atoms with Gasteiger partial charge in [0.05, 0.1) is 19.3 Å². The average Bonchev–Trinajstić information content (AvgIpc) is 2.99. The number of nitrogens with zero attached hydrogens (tertiary/aromatic N) is 1. The van der Waals surface area contributed by atoms with Crippen LogP contribution in [0.3, 0.4) is 0 Å². The van der Waals surface area contributed by atoms with E-state index in [1.165, 1.54) is 12.8 Å². The fraction of sp³-hybridized carbons (Fsp3) is 0.938. The molecule has 23 heavy (non-hydrogen) atoms. The quantitative estimate of drug-likeness (QED) is 0.752. The smallest absolute Gasteiger partial charge is 0.237 e. The Morgan fingerprint density at radius 3 is 2.35 bits per heavy atom. The molecule has 1 amide bonds. The Labute approximate surface area is 152 Å². The third-order valence-electron chi connectivity index (χ3n) is 5.21. The Morgan fingerprint density at radius 1 is 1.26 bits per heavy atom. The molecule has 0 aromatic rings. The minimum absolute atomic E-state index is 0. The van der Waals surface area contributed by atoms with Crippen molar-refractivity contribution >= 4 is 30.7 Å². The third kappa shape index (κ3) is 5.46. The molecule has 0 bridgehead atoms. The van der Waals surface area contributed by atoms with Gasteiger partial charge in [0.1, 0.15) is 0 Å².